The summed E-state index contributed by atoms with van der Waals surface area (Å²) >= 11 is 1.48. The summed E-state index contributed by atoms with van der Waals surface area (Å²) in [7, 11) is 0. The van der Waals surface area contributed by atoms with E-state index in [1.54, 1.807) is 20.0 Å². The van der Waals surface area contributed by atoms with E-state index >= 15 is 0 Å². The van der Waals surface area contributed by atoms with E-state index in [-0.39, 0.29) is 48.7 Å². The second-order valence-electron chi connectivity index (χ2n) is 15.1. The van der Waals surface area contributed by atoms with Crippen LogP contribution in [-0.2, 0) is 35.2 Å². The topological polar surface area (TPSA) is 202 Å². The first-order valence-electron chi connectivity index (χ1n) is 20.6. The third-order valence-electron chi connectivity index (χ3n) is 7.78. The second kappa shape index (κ2) is 29.2. The van der Waals surface area contributed by atoms with Gasteiger partial charge in [0.05, 0.1) is 37.1 Å². The zero-order chi connectivity index (χ0) is 43.7. The number of thioether (sulfide) groups is 1. The minimum absolute atomic E-state index is 0.00525. The SMILES string of the molecule is CC.CC(C)C.CC(C)C1NC(=O)CNC(=O)[C@H](Cc2c[nH]c3ccccc23)NC(=O)CNC(=O)[C@@H]2CSC(N2)C(C(C)C)NC(=O)CNC1=O.CCC.CCC. The monoisotopic (exact) mass is 819 g/mol. The molecule has 3 heterocycles. The molecule has 2 aliphatic heterocycles. The number of nitrogens with one attached hydrogen (secondary N) is 8. The highest BCUT2D eigenvalue weighted by molar-refractivity contribution is 8.00. The Labute approximate surface area is 346 Å². The van der Waals surface area contributed by atoms with E-state index in [9.17, 15) is 28.8 Å². The maximum absolute atomic E-state index is 13.3. The lowest BCUT2D eigenvalue weighted by atomic mass is 10.0. The molecule has 2 fully saturated rings. The van der Waals surface area contributed by atoms with Crippen LogP contribution in [0.4, 0.5) is 0 Å². The molecule has 57 heavy (non-hydrogen) atoms. The van der Waals surface area contributed by atoms with Crippen LogP contribution in [0.2, 0.25) is 0 Å². The van der Waals surface area contributed by atoms with Crippen LogP contribution in [-0.4, -0.2) is 95.4 Å². The normalized spacial score (nSPS) is 22.2. The number of carbonyl (C=O) groups excluding carboxylic acids is 6. The Hall–Kier alpha value is -4.11. The Morgan fingerprint density at radius 2 is 1.16 bits per heavy atom. The van der Waals surface area contributed by atoms with Gasteiger partial charge in [0.1, 0.15) is 12.1 Å². The molecule has 0 aliphatic carbocycles. The average Bonchev–Trinajstić information content (AvgIpc) is 3.81. The van der Waals surface area contributed by atoms with Crippen molar-refractivity contribution in [3.63, 3.8) is 0 Å². The van der Waals surface area contributed by atoms with Crippen molar-refractivity contribution < 1.29 is 28.8 Å². The van der Waals surface area contributed by atoms with Gasteiger partial charge >= 0.3 is 0 Å². The van der Waals surface area contributed by atoms with E-state index in [4.69, 9.17) is 0 Å². The summed E-state index contributed by atoms with van der Waals surface area (Å²) in [5, 5.41) is 19.9. The molecule has 0 radical (unpaired) electrons. The first-order chi connectivity index (χ1) is 27.0. The van der Waals surface area contributed by atoms with Gasteiger partial charge in [-0.2, -0.15) is 0 Å². The standard InChI is InChI=1S/C30H42N8O6S.C4H10.2C3H8.C2H6/c1-15(2)25-29(44)34-13-24(41)38-26(16(3)4)30-36-21(14-45-30)28(43)33-11-22(39)35-20(27(42)32-12-23(40)37-25)9-17-10-31-19-8-6-5-7-18(17)19;1-4(2)3;2*1-3-2;1-2/h5-8,10,15-16,20-21,25-26,30-31,36H,9,11-14H2,1-4H3,(H,32,42)(H,33,43)(H,34,44)(H,35,39)(H,37,40)(H,38,41);4H,1-3H3;2*3H2,1-2H3;1-2H3/t20-,21-,25?,26?,30?;;;;/m0..../s1. The van der Waals surface area contributed by atoms with Gasteiger partial charge in [-0.05, 0) is 29.4 Å². The fourth-order valence-corrected chi connectivity index (χ4v) is 6.77. The molecule has 0 saturated carbocycles. The maximum Gasteiger partial charge on any atom is 0.243 e. The fraction of sp³-hybridized carbons (Fsp3) is 0.667. The number of benzene rings is 1. The summed E-state index contributed by atoms with van der Waals surface area (Å²) in [6, 6.07) is 4.56. The lowest BCUT2D eigenvalue weighted by molar-refractivity contribution is -0.132. The molecule has 2 aromatic rings. The molecule has 2 saturated heterocycles. The molecule has 15 heteroatoms. The number of carbonyl (C=O) groups is 6. The van der Waals surface area contributed by atoms with Gasteiger partial charge in [-0.3, -0.25) is 34.1 Å². The van der Waals surface area contributed by atoms with E-state index in [0.717, 1.165) is 22.4 Å². The van der Waals surface area contributed by atoms with Gasteiger partial charge in [0, 0.05) is 29.3 Å². The molecule has 1 aromatic heterocycles. The zero-order valence-electron chi connectivity index (χ0n) is 36.8. The van der Waals surface area contributed by atoms with Crippen LogP contribution in [0.3, 0.4) is 0 Å². The summed E-state index contributed by atoms with van der Waals surface area (Å²) in [6.07, 6.45) is 4.38. The number of fused-ring (bicyclic) bond motifs is 3. The summed E-state index contributed by atoms with van der Waals surface area (Å²) in [5.41, 5.74) is 1.64. The second-order valence-corrected chi connectivity index (χ2v) is 16.3. The quantitative estimate of drug-likeness (QED) is 0.222. The highest BCUT2D eigenvalue weighted by Gasteiger charge is 2.37. The molecule has 14 nitrogen and oxygen atoms in total. The molecule has 2 bridgehead atoms. The van der Waals surface area contributed by atoms with Gasteiger partial charge in [-0.15, -0.1) is 11.8 Å². The molecule has 6 amide bonds. The van der Waals surface area contributed by atoms with E-state index in [2.05, 4.69) is 90.7 Å². The summed E-state index contributed by atoms with van der Waals surface area (Å²) in [5.74, 6) is -2.20. The molecule has 1 aromatic carbocycles. The van der Waals surface area contributed by atoms with Crippen LogP contribution in [0, 0.1) is 17.8 Å². The number of hydrogen-bond donors (Lipinski definition) is 8. The molecule has 0 spiro atoms. The van der Waals surface area contributed by atoms with Gasteiger partial charge in [0.2, 0.25) is 35.4 Å². The van der Waals surface area contributed by atoms with E-state index in [1.807, 2.05) is 52.0 Å². The molecule has 3 unspecified atom stereocenters. The molecule has 4 rings (SSSR count). The minimum atomic E-state index is -1.06. The van der Waals surface area contributed by atoms with Crippen molar-refractivity contribution >= 4 is 58.1 Å². The Bertz CT molecular complexity index is 1510. The van der Waals surface area contributed by atoms with Crippen molar-refractivity contribution in [1.82, 2.24) is 42.2 Å². The van der Waals surface area contributed by atoms with Crippen LogP contribution in [0.25, 0.3) is 10.9 Å². The minimum Gasteiger partial charge on any atom is -0.361 e. The summed E-state index contributed by atoms with van der Waals surface area (Å²) in [4.78, 5) is 81.0. The highest BCUT2D eigenvalue weighted by atomic mass is 32.2. The van der Waals surface area contributed by atoms with Gasteiger partial charge in [0.15, 0.2) is 0 Å². The van der Waals surface area contributed by atoms with Crippen LogP contribution < -0.4 is 37.2 Å². The molecular formula is C42H74N8O6S. The fourth-order valence-electron chi connectivity index (χ4n) is 5.27. The molecule has 324 valence electrons. The first-order valence-corrected chi connectivity index (χ1v) is 21.7. The predicted molar refractivity (Wildman–Crippen MR) is 233 cm³/mol. The van der Waals surface area contributed by atoms with Crippen molar-refractivity contribution in [2.24, 2.45) is 17.8 Å². The van der Waals surface area contributed by atoms with Crippen LogP contribution >= 0.6 is 11.8 Å². The predicted octanol–water partition coefficient (Wildman–Crippen LogP) is 4.39. The molecule has 8 N–H and O–H groups in total. The van der Waals surface area contributed by atoms with E-state index in [0.29, 0.717) is 5.75 Å². The number of hydrogen-bond acceptors (Lipinski definition) is 8. The first kappa shape index (κ1) is 52.9. The maximum atomic E-state index is 13.3. The lowest BCUT2D eigenvalue weighted by Crippen LogP contribution is -2.56. The smallest absolute Gasteiger partial charge is 0.243 e. The Kier molecular flexibility index (Phi) is 27.1. The Morgan fingerprint density at radius 3 is 1.70 bits per heavy atom. The number of amides is 6. The Morgan fingerprint density at radius 1 is 0.667 bits per heavy atom. The van der Waals surface area contributed by atoms with E-state index < -0.39 is 54.2 Å². The van der Waals surface area contributed by atoms with Crippen molar-refractivity contribution in [2.75, 3.05) is 25.4 Å². The third-order valence-corrected chi connectivity index (χ3v) is 9.10. The van der Waals surface area contributed by atoms with Crippen LogP contribution in [0.5, 0.6) is 0 Å². The Balaban J connectivity index is 0.00000232. The summed E-state index contributed by atoms with van der Waals surface area (Å²) in [6.45, 7) is 25.3. The van der Waals surface area contributed by atoms with E-state index in [1.165, 1.54) is 24.6 Å². The third kappa shape index (κ3) is 20.2. The van der Waals surface area contributed by atoms with Gasteiger partial charge in [0.25, 0.3) is 0 Å². The van der Waals surface area contributed by atoms with Gasteiger partial charge < -0.3 is 36.9 Å². The largest absolute Gasteiger partial charge is 0.361 e. The van der Waals surface area contributed by atoms with Crippen molar-refractivity contribution in [3.8, 4) is 0 Å². The highest BCUT2D eigenvalue weighted by Crippen LogP contribution is 2.25. The van der Waals surface area contributed by atoms with Crippen molar-refractivity contribution in [2.45, 2.75) is 139 Å². The molecule has 2 aliphatic rings. The van der Waals surface area contributed by atoms with Gasteiger partial charge in [-0.1, -0.05) is 121 Å². The van der Waals surface area contributed by atoms with Crippen LogP contribution in [0.1, 0.15) is 108 Å². The zero-order valence-corrected chi connectivity index (χ0v) is 37.6. The molecular weight excluding hydrogens is 745 g/mol. The number of rotatable bonds is 4. The van der Waals surface area contributed by atoms with Crippen molar-refractivity contribution in [1.29, 1.82) is 0 Å². The average molecular weight is 819 g/mol. The number of aromatic amines is 1. The number of H-pyrrole nitrogens is 1. The lowest BCUT2D eigenvalue weighted by Gasteiger charge is -2.28. The van der Waals surface area contributed by atoms with Gasteiger partial charge in [-0.25, -0.2) is 0 Å². The van der Waals surface area contributed by atoms with Crippen LogP contribution in [0.15, 0.2) is 30.5 Å². The number of aromatic nitrogens is 1. The summed E-state index contributed by atoms with van der Waals surface area (Å²) < 4.78 is 0. The van der Waals surface area contributed by atoms with Crippen molar-refractivity contribution in [3.05, 3.63) is 36.0 Å². The number of para-hydroxylation sites is 1. The molecule has 5 atom stereocenters.